The number of methoxy groups -OCH3 is 1. The molecule has 2 aromatic rings. The van der Waals surface area contributed by atoms with Crippen LogP contribution in [0.2, 0.25) is 0 Å². The van der Waals surface area contributed by atoms with Crippen molar-refractivity contribution in [3.8, 4) is 5.75 Å². The number of aromatic nitrogens is 2. The number of unbranched alkanes of at least 4 members (excludes halogenated alkanes) is 1. The van der Waals surface area contributed by atoms with Gasteiger partial charge in [-0.05, 0) is 36.6 Å². The molecule has 5 heteroatoms. The summed E-state index contributed by atoms with van der Waals surface area (Å²) in [5, 5.41) is 4.41. The highest BCUT2D eigenvalue weighted by atomic mass is 16.5. The second-order valence-electron chi connectivity index (χ2n) is 5.38. The SMILES string of the molecule is CCCCn1nc(C(N)c2ccc(OC)c(C)c2)ccc1=O. The third-order valence-corrected chi connectivity index (χ3v) is 3.71. The summed E-state index contributed by atoms with van der Waals surface area (Å²) in [6.45, 7) is 4.68. The third kappa shape index (κ3) is 3.54. The van der Waals surface area contributed by atoms with Gasteiger partial charge < -0.3 is 10.5 Å². The van der Waals surface area contributed by atoms with E-state index in [1.807, 2.05) is 25.1 Å². The molecule has 1 atom stereocenters. The van der Waals surface area contributed by atoms with Crippen molar-refractivity contribution in [2.75, 3.05) is 7.11 Å². The van der Waals surface area contributed by atoms with Crippen LogP contribution in [0.5, 0.6) is 5.75 Å². The standard InChI is InChI=1S/C17H23N3O2/c1-4-5-10-20-16(21)9-7-14(19-20)17(18)13-6-8-15(22-3)12(2)11-13/h6-9,11,17H,4-5,10,18H2,1-3H3. The van der Waals surface area contributed by atoms with Crippen molar-refractivity contribution in [3.05, 3.63) is 57.5 Å². The minimum absolute atomic E-state index is 0.0877. The van der Waals surface area contributed by atoms with Gasteiger partial charge >= 0.3 is 0 Å². The highest BCUT2D eigenvalue weighted by molar-refractivity contribution is 5.39. The zero-order valence-electron chi connectivity index (χ0n) is 13.4. The van der Waals surface area contributed by atoms with Gasteiger partial charge in [0.25, 0.3) is 5.56 Å². The van der Waals surface area contributed by atoms with Crippen LogP contribution in [0, 0.1) is 6.92 Å². The van der Waals surface area contributed by atoms with Crippen molar-refractivity contribution < 1.29 is 4.74 Å². The molecule has 0 fully saturated rings. The normalized spacial score (nSPS) is 12.2. The number of hydrogen-bond donors (Lipinski definition) is 1. The molecule has 1 aromatic carbocycles. The second-order valence-corrected chi connectivity index (χ2v) is 5.38. The first-order chi connectivity index (χ1) is 10.6. The lowest BCUT2D eigenvalue weighted by Gasteiger charge is -2.15. The summed E-state index contributed by atoms with van der Waals surface area (Å²) in [6.07, 6.45) is 1.94. The van der Waals surface area contributed by atoms with Crippen LogP contribution in [-0.4, -0.2) is 16.9 Å². The molecule has 0 aliphatic heterocycles. The van der Waals surface area contributed by atoms with E-state index in [0.29, 0.717) is 12.2 Å². The Morgan fingerprint density at radius 3 is 2.73 bits per heavy atom. The largest absolute Gasteiger partial charge is 0.496 e. The Labute approximate surface area is 130 Å². The summed E-state index contributed by atoms with van der Waals surface area (Å²) < 4.78 is 6.76. The van der Waals surface area contributed by atoms with Crippen LogP contribution in [-0.2, 0) is 6.54 Å². The van der Waals surface area contributed by atoms with Gasteiger partial charge in [-0.2, -0.15) is 5.10 Å². The molecule has 1 heterocycles. The van der Waals surface area contributed by atoms with Gasteiger partial charge in [-0.3, -0.25) is 4.79 Å². The summed E-state index contributed by atoms with van der Waals surface area (Å²) in [5.74, 6) is 0.830. The van der Waals surface area contributed by atoms with Crippen molar-refractivity contribution in [3.63, 3.8) is 0 Å². The lowest BCUT2D eigenvalue weighted by Crippen LogP contribution is -2.26. The third-order valence-electron chi connectivity index (χ3n) is 3.71. The fourth-order valence-electron chi connectivity index (χ4n) is 2.36. The van der Waals surface area contributed by atoms with Gasteiger partial charge in [0.05, 0.1) is 18.8 Å². The molecule has 0 aliphatic rings. The molecule has 0 saturated heterocycles. The van der Waals surface area contributed by atoms with E-state index >= 15 is 0 Å². The van der Waals surface area contributed by atoms with E-state index < -0.39 is 0 Å². The maximum atomic E-state index is 11.8. The van der Waals surface area contributed by atoms with Crippen molar-refractivity contribution in [2.24, 2.45) is 5.73 Å². The molecule has 2 N–H and O–H groups in total. The van der Waals surface area contributed by atoms with E-state index in [1.54, 1.807) is 13.2 Å². The molecule has 0 saturated carbocycles. The van der Waals surface area contributed by atoms with Crippen LogP contribution >= 0.6 is 0 Å². The smallest absolute Gasteiger partial charge is 0.266 e. The van der Waals surface area contributed by atoms with E-state index in [2.05, 4.69) is 12.0 Å². The Bertz CT molecular complexity index is 695. The Morgan fingerprint density at radius 2 is 2.09 bits per heavy atom. The summed E-state index contributed by atoms with van der Waals surface area (Å²) in [5.41, 5.74) is 8.89. The van der Waals surface area contributed by atoms with Crippen LogP contribution < -0.4 is 16.0 Å². The molecular formula is C17H23N3O2. The minimum atomic E-state index is -0.363. The minimum Gasteiger partial charge on any atom is -0.496 e. The highest BCUT2D eigenvalue weighted by Gasteiger charge is 2.13. The lowest BCUT2D eigenvalue weighted by atomic mass is 10.0. The fraction of sp³-hybridized carbons (Fsp3) is 0.412. The second kappa shape index (κ2) is 7.22. The fourth-order valence-corrected chi connectivity index (χ4v) is 2.36. The number of nitrogens with two attached hydrogens (primary N) is 1. The summed E-state index contributed by atoms with van der Waals surface area (Å²) in [6, 6.07) is 8.70. The van der Waals surface area contributed by atoms with Crippen molar-refractivity contribution in [2.45, 2.75) is 39.3 Å². The molecule has 22 heavy (non-hydrogen) atoms. The number of aryl methyl sites for hydroxylation is 2. The monoisotopic (exact) mass is 301 g/mol. The van der Waals surface area contributed by atoms with Crippen molar-refractivity contribution in [1.29, 1.82) is 0 Å². The Hall–Kier alpha value is -2.14. The lowest BCUT2D eigenvalue weighted by molar-refractivity contribution is 0.411. The van der Waals surface area contributed by atoms with Gasteiger partial charge in [0.1, 0.15) is 5.75 Å². The molecule has 0 aliphatic carbocycles. The van der Waals surface area contributed by atoms with Crippen LogP contribution in [0.3, 0.4) is 0 Å². The summed E-state index contributed by atoms with van der Waals surface area (Å²) >= 11 is 0. The highest BCUT2D eigenvalue weighted by Crippen LogP contribution is 2.24. The maximum Gasteiger partial charge on any atom is 0.266 e. The zero-order valence-corrected chi connectivity index (χ0v) is 13.4. The number of benzene rings is 1. The van der Waals surface area contributed by atoms with E-state index in [4.69, 9.17) is 10.5 Å². The van der Waals surface area contributed by atoms with Gasteiger partial charge in [-0.25, -0.2) is 4.68 Å². The van der Waals surface area contributed by atoms with Crippen LogP contribution in [0.25, 0.3) is 0 Å². The molecule has 118 valence electrons. The van der Waals surface area contributed by atoms with E-state index in [0.717, 1.165) is 29.7 Å². The van der Waals surface area contributed by atoms with Gasteiger partial charge in [0, 0.05) is 12.6 Å². The first-order valence-electron chi connectivity index (χ1n) is 7.55. The van der Waals surface area contributed by atoms with Crippen molar-refractivity contribution in [1.82, 2.24) is 9.78 Å². The number of hydrogen-bond acceptors (Lipinski definition) is 4. The van der Waals surface area contributed by atoms with Gasteiger partial charge in [0.2, 0.25) is 0 Å². The number of rotatable bonds is 6. The quantitative estimate of drug-likeness (QED) is 0.889. The molecule has 0 bridgehead atoms. The molecule has 1 aromatic heterocycles. The maximum absolute atomic E-state index is 11.8. The van der Waals surface area contributed by atoms with Crippen molar-refractivity contribution >= 4 is 0 Å². The molecule has 0 radical (unpaired) electrons. The molecule has 5 nitrogen and oxygen atoms in total. The first kappa shape index (κ1) is 16.2. The molecule has 0 spiro atoms. The number of ether oxygens (including phenoxy) is 1. The first-order valence-corrected chi connectivity index (χ1v) is 7.55. The Kier molecular flexibility index (Phi) is 5.33. The van der Waals surface area contributed by atoms with Gasteiger partial charge in [-0.1, -0.05) is 25.5 Å². The average Bonchev–Trinajstić information content (AvgIpc) is 2.53. The Balaban J connectivity index is 2.30. The zero-order chi connectivity index (χ0) is 16.1. The summed E-state index contributed by atoms with van der Waals surface area (Å²) in [4.78, 5) is 11.8. The number of nitrogens with zero attached hydrogens (tertiary/aromatic N) is 2. The average molecular weight is 301 g/mol. The molecular weight excluding hydrogens is 278 g/mol. The van der Waals surface area contributed by atoms with E-state index in [9.17, 15) is 4.79 Å². The van der Waals surface area contributed by atoms with Gasteiger partial charge in [-0.15, -0.1) is 0 Å². The van der Waals surface area contributed by atoms with E-state index in [-0.39, 0.29) is 11.6 Å². The van der Waals surface area contributed by atoms with E-state index in [1.165, 1.54) is 10.7 Å². The van der Waals surface area contributed by atoms with Crippen LogP contribution in [0.4, 0.5) is 0 Å². The van der Waals surface area contributed by atoms with Crippen LogP contribution in [0.15, 0.2) is 35.1 Å². The molecule has 0 amide bonds. The summed E-state index contributed by atoms with van der Waals surface area (Å²) in [7, 11) is 1.65. The Morgan fingerprint density at radius 1 is 1.32 bits per heavy atom. The molecule has 2 rings (SSSR count). The molecule has 1 unspecified atom stereocenters. The predicted molar refractivity (Wildman–Crippen MR) is 87.2 cm³/mol. The topological polar surface area (TPSA) is 70.1 Å². The van der Waals surface area contributed by atoms with Gasteiger partial charge in [0.15, 0.2) is 0 Å². The predicted octanol–water partition coefficient (Wildman–Crippen LogP) is 2.41. The van der Waals surface area contributed by atoms with Crippen LogP contribution in [0.1, 0.15) is 42.6 Å².